The maximum atomic E-state index is 12.9. The summed E-state index contributed by atoms with van der Waals surface area (Å²) < 4.78 is 5.36. The fraction of sp³-hybridized carbons (Fsp3) is 0.846. The van der Waals surface area contributed by atoms with Crippen LogP contribution in [-0.4, -0.2) is 66.6 Å². The predicted octanol–water partition coefficient (Wildman–Crippen LogP) is 0.232. The first kappa shape index (κ1) is 14.7. The molecule has 2 fully saturated rings. The summed E-state index contributed by atoms with van der Waals surface area (Å²) in [5.41, 5.74) is 5.21. The Kier molecular flexibility index (Phi) is 4.43. The van der Waals surface area contributed by atoms with Crippen molar-refractivity contribution >= 4 is 23.1 Å². The summed E-state index contributed by atoms with van der Waals surface area (Å²) >= 11 is 5.19. The van der Waals surface area contributed by atoms with Crippen molar-refractivity contribution in [2.24, 2.45) is 11.1 Å². The second-order valence-corrected chi connectivity index (χ2v) is 6.08. The lowest BCUT2D eigenvalue weighted by atomic mass is 9.78. The van der Waals surface area contributed by atoms with Crippen LogP contribution in [0.25, 0.3) is 0 Å². The maximum Gasteiger partial charge on any atom is 0.235 e. The number of piperazine rings is 1. The largest absolute Gasteiger partial charge is 0.392 e. The molecule has 2 aliphatic heterocycles. The van der Waals surface area contributed by atoms with Gasteiger partial charge >= 0.3 is 0 Å². The van der Waals surface area contributed by atoms with Crippen LogP contribution in [0.1, 0.15) is 19.8 Å². The number of carbonyl (C=O) groups is 1. The van der Waals surface area contributed by atoms with Gasteiger partial charge in [0.1, 0.15) is 5.41 Å². The van der Waals surface area contributed by atoms with E-state index in [1.54, 1.807) is 0 Å². The molecule has 0 radical (unpaired) electrons. The monoisotopic (exact) mass is 285 g/mol. The predicted molar refractivity (Wildman–Crippen MR) is 77.9 cm³/mol. The average Bonchev–Trinajstić information content (AvgIpc) is 2.41. The Balaban J connectivity index is 2.14. The van der Waals surface area contributed by atoms with Crippen molar-refractivity contribution in [1.29, 1.82) is 0 Å². The van der Waals surface area contributed by atoms with Gasteiger partial charge in [-0.05, 0) is 26.8 Å². The van der Waals surface area contributed by atoms with Gasteiger partial charge in [-0.25, -0.2) is 0 Å². The summed E-state index contributed by atoms with van der Waals surface area (Å²) in [6.45, 7) is 5.66. The topological polar surface area (TPSA) is 58.8 Å². The number of hydrogen-bond donors (Lipinski definition) is 1. The van der Waals surface area contributed by atoms with E-state index < -0.39 is 5.41 Å². The number of ether oxygens (including phenoxy) is 1. The molecule has 0 saturated carbocycles. The zero-order valence-corrected chi connectivity index (χ0v) is 12.5. The molecule has 0 bridgehead atoms. The van der Waals surface area contributed by atoms with Crippen molar-refractivity contribution in [1.82, 2.24) is 9.80 Å². The highest BCUT2D eigenvalue weighted by atomic mass is 32.1. The molecule has 0 aromatic rings. The molecule has 2 rings (SSSR count). The van der Waals surface area contributed by atoms with E-state index in [0.29, 0.717) is 37.1 Å². The van der Waals surface area contributed by atoms with Crippen LogP contribution in [0.4, 0.5) is 0 Å². The summed E-state index contributed by atoms with van der Waals surface area (Å²) in [4.78, 5) is 17.4. The highest BCUT2D eigenvalue weighted by molar-refractivity contribution is 7.80. The zero-order chi connectivity index (χ0) is 14.0. The number of thiocarbonyl (C=S) groups is 1. The van der Waals surface area contributed by atoms with E-state index in [0.717, 1.165) is 19.6 Å². The fourth-order valence-electron chi connectivity index (χ4n) is 2.82. The van der Waals surface area contributed by atoms with E-state index in [2.05, 4.69) is 18.9 Å². The number of carbonyl (C=O) groups excluding carboxylic acids is 1. The fourth-order valence-corrected chi connectivity index (χ4v) is 3.11. The maximum absolute atomic E-state index is 12.9. The van der Waals surface area contributed by atoms with Gasteiger partial charge in [0.25, 0.3) is 0 Å². The Hall–Kier alpha value is -0.720. The van der Waals surface area contributed by atoms with E-state index in [1.807, 2.05) is 4.90 Å². The number of hydrogen-bond acceptors (Lipinski definition) is 4. The summed E-state index contributed by atoms with van der Waals surface area (Å²) in [6.07, 6.45) is 1.23. The minimum absolute atomic E-state index is 0.100. The zero-order valence-electron chi connectivity index (χ0n) is 11.7. The second-order valence-electron chi connectivity index (χ2n) is 5.64. The lowest BCUT2D eigenvalue weighted by Gasteiger charge is -2.43. The van der Waals surface area contributed by atoms with Gasteiger partial charge in [-0.15, -0.1) is 0 Å². The lowest BCUT2D eigenvalue weighted by molar-refractivity contribution is -0.145. The molecular weight excluding hydrogens is 262 g/mol. The summed E-state index contributed by atoms with van der Waals surface area (Å²) in [7, 11) is 2.09. The Labute approximate surface area is 120 Å². The Morgan fingerprint density at radius 2 is 2.00 bits per heavy atom. The summed E-state index contributed by atoms with van der Waals surface area (Å²) in [6, 6.07) is 0.376. The number of amides is 1. The minimum Gasteiger partial charge on any atom is -0.392 e. The average molecular weight is 285 g/mol. The quantitative estimate of drug-likeness (QED) is 0.736. The third-order valence-electron chi connectivity index (χ3n) is 4.47. The van der Waals surface area contributed by atoms with Crippen LogP contribution in [0.5, 0.6) is 0 Å². The summed E-state index contributed by atoms with van der Waals surface area (Å²) in [5.74, 6) is 0.100. The normalized spacial score (nSPS) is 28.1. The van der Waals surface area contributed by atoms with Gasteiger partial charge in [0.2, 0.25) is 5.91 Å². The molecule has 1 amide bonds. The molecular formula is C13H23N3O2S. The molecule has 19 heavy (non-hydrogen) atoms. The number of nitrogens with zero attached hydrogens (tertiary/aromatic N) is 2. The molecule has 5 nitrogen and oxygen atoms in total. The third kappa shape index (κ3) is 2.75. The van der Waals surface area contributed by atoms with Crippen LogP contribution < -0.4 is 5.73 Å². The van der Waals surface area contributed by atoms with E-state index in [9.17, 15) is 4.79 Å². The molecule has 0 aromatic carbocycles. The number of rotatable bonds is 2. The Morgan fingerprint density at radius 1 is 1.37 bits per heavy atom. The van der Waals surface area contributed by atoms with E-state index >= 15 is 0 Å². The highest BCUT2D eigenvalue weighted by Gasteiger charge is 2.46. The first-order valence-electron chi connectivity index (χ1n) is 6.84. The van der Waals surface area contributed by atoms with E-state index in [-0.39, 0.29) is 5.91 Å². The van der Waals surface area contributed by atoms with Crippen LogP contribution in [0.2, 0.25) is 0 Å². The van der Waals surface area contributed by atoms with E-state index in [4.69, 9.17) is 22.7 Å². The SMILES string of the molecule is CC1CN(C(=O)C2(C(N)=S)CCOCC2)CCN1C. The smallest absolute Gasteiger partial charge is 0.235 e. The third-order valence-corrected chi connectivity index (χ3v) is 4.87. The van der Waals surface area contributed by atoms with Crippen LogP contribution in [0, 0.1) is 5.41 Å². The molecule has 108 valence electrons. The molecule has 1 unspecified atom stereocenters. The van der Waals surface area contributed by atoms with Gasteiger partial charge in [-0.3, -0.25) is 4.79 Å². The molecule has 2 saturated heterocycles. The van der Waals surface area contributed by atoms with Gasteiger partial charge in [-0.2, -0.15) is 0 Å². The molecule has 1 atom stereocenters. The van der Waals surface area contributed by atoms with Gasteiger partial charge in [0.15, 0.2) is 0 Å². The van der Waals surface area contributed by atoms with Crippen LogP contribution in [-0.2, 0) is 9.53 Å². The van der Waals surface area contributed by atoms with Crippen LogP contribution in [0.15, 0.2) is 0 Å². The van der Waals surface area contributed by atoms with Gasteiger partial charge in [0.05, 0.1) is 4.99 Å². The van der Waals surface area contributed by atoms with Crippen LogP contribution in [0.3, 0.4) is 0 Å². The summed E-state index contributed by atoms with van der Waals surface area (Å²) in [5, 5.41) is 0. The molecule has 0 aliphatic carbocycles. The second kappa shape index (κ2) is 5.73. The molecule has 6 heteroatoms. The Morgan fingerprint density at radius 3 is 2.53 bits per heavy atom. The molecule has 2 heterocycles. The molecule has 0 spiro atoms. The Bertz CT molecular complexity index is 369. The first-order valence-corrected chi connectivity index (χ1v) is 7.25. The van der Waals surface area contributed by atoms with Gasteiger partial charge in [0, 0.05) is 38.9 Å². The van der Waals surface area contributed by atoms with E-state index in [1.165, 1.54) is 0 Å². The van der Waals surface area contributed by atoms with Crippen molar-refractivity contribution in [2.75, 3.05) is 39.9 Å². The van der Waals surface area contributed by atoms with Crippen molar-refractivity contribution in [3.05, 3.63) is 0 Å². The lowest BCUT2D eigenvalue weighted by Crippen LogP contribution is -2.59. The first-order chi connectivity index (χ1) is 8.97. The van der Waals surface area contributed by atoms with Gasteiger partial charge < -0.3 is 20.3 Å². The molecule has 0 aromatic heterocycles. The van der Waals surface area contributed by atoms with Gasteiger partial charge in [-0.1, -0.05) is 12.2 Å². The number of nitrogens with two attached hydrogens (primary N) is 1. The molecule has 2 aliphatic rings. The molecule has 2 N–H and O–H groups in total. The van der Waals surface area contributed by atoms with Crippen molar-refractivity contribution in [2.45, 2.75) is 25.8 Å². The minimum atomic E-state index is -0.677. The van der Waals surface area contributed by atoms with Crippen molar-refractivity contribution in [3.8, 4) is 0 Å². The van der Waals surface area contributed by atoms with Crippen molar-refractivity contribution < 1.29 is 9.53 Å². The standard InChI is InChI=1S/C13H23N3O2S/c1-10-9-16(6-5-15(10)2)12(17)13(11(14)19)3-7-18-8-4-13/h10H,3-9H2,1-2H3,(H2,14,19). The van der Waals surface area contributed by atoms with Crippen LogP contribution >= 0.6 is 12.2 Å². The highest BCUT2D eigenvalue weighted by Crippen LogP contribution is 2.33. The van der Waals surface area contributed by atoms with Crippen molar-refractivity contribution in [3.63, 3.8) is 0 Å². The number of likely N-dealkylation sites (N-methyl/N-ethyl adjacent to an activating group) is 1.